The highest BCUT2D eigenvalue weighted by atomic mass is 32.2. The molecule has 0 aromatic carbocycles. The van der Waals surface area contributed by atoms with Crippen molar-refractivity contribution in [1.82, 2.24) is 25.2 Å². The van der Waals surface area contributed by atoms with E-state index in [0.29, 0.717) is 10.6 Å². The number of hydrogen-bond donors (Lipinski definition) is 1. The summed E-state index contributed by atoms with van der Waals surface area (Å²) >= 11 is 1.04. The van der Waals surface area contributed by atoms with Crippen molar-refractivity contribution >= 4 is 23.4 Å². The number of pyridine rings is 1. The van der Waals surface area contributed by atoms with E-state index in [1.807, 2.05) is 0 Å². The van der Waals surface area contributed by atoms with Gasteiger partial charge in [0.15, 0.2) is 0 Å². The summed E-state index contributed by atoms with van der Waals surface area (Å²) in [5.74, 6) is -1.08. The minimum atomic E-state index is -1.08. The number of hydrogen-bond acceptors (Lipinski definition) is 8. The van der Waals surface area contributed by atoms with Crippen LogP contribution in [0.2, 0.25) is 0 Å². The molecule has 0 atom stereocenters. The Hall–Kier alpha value is -2.56. The Morgan fingerprint density at radius 3 is 2.95 bits per heavy atom. The van der Waals surface area contributed by atoms with Crippen LogP contribution in [0, 0.1) is 17.0 Å². The van der Waals surface area contributed by atoms with Crippen LogP contribution in [0.4, 0.5) is 5.69 Å². The van der Waals surface area contributed by atoms with Crippen LogP contribution in [0.5, 0.6) is 0 Å². The quantitative estimate of drug-likeness (QED) is 0.618. The number of aryl methyl sites for hydroxylation is 1. The summed E-state index contributed by atoms with van der Waals surface area (Å²) in [5, 5.41) is 30.7. The zero-order valence-corrected chi connectivity index (χ0v) is 10.9. The van der Waals surface area contributed by atoms with Gasteiger partial charge in [-0.3, -0.25) is 14.9 Å². The van der Waals surface area contributed by atoms with E-state index in [0.717, 1.165) is 22.6 Å². The summed E-state index contributed by atoms with van der Waals surface area (Å²) in [6, 6.07) is 1.38. The first-order valence-electron chi connectivity index (χ1n) is 5.24. The molecule has 2 rings (SSSR count). The number of nitro groups is 1. The first-order chi connectivity index (χ1) is 9.47. The Morgan fingerprint density at radius 2 is 2.35 bits per heavy atom. The summed E-state index contributed by atoms with van der Waals surface area (Å²) in [5.41, 5.74) is 0.464. The molecule has 10 nitrogen and oxygen atoms in total. The van der Waals surface area contributed by atoms with Crippen molar-refractivity contribution in [2.24, 2.45) is 0 Å². The van der Waals surface area contributed by atoms with Crippen molar-refractivity contribution in [3.8, 4) is 0 Å². The van der Waals surface area contributed by atoms with Crippen molar-refractivity contribution in [2.45, 2.75) is 23.7 Å². The monoisotopic (exact) mass is 296 g/mol. The highest BCUT2D eigenvalue weighted by Gasteiger charge is 2.15. The van der Waals surface area contributed by atoms with Crippen LogP contribution in [-0.2, 0) is 11.3 Å². The van der Waals surface area contributed by atoms with Gasteiger partial charge in [0.05, 0.1) is 4.92 Å². The Labute approximate surface area is 116 Å². The van der Waals surface area contributed by atoms with Crippen molar-refractivity contribution in [3.05, 3.63) is 27.9 Å². The number of tetrazole rings is 1. The highest BCUT2D eigenvalue weighted by Crippen LogP contribution is 2.28. The lowest BCUT2D eigenvalue weighted by Gasteiger charge is -2.03. The molecule has 0 aliphatic heterocycles. The van der Waals surface area contributed by atoms with Crippen molar-refractivity contribution < 1.29 is 14.8 Å². The smallest absolute Gasteiger partial charge is 0.325 e. The van der Waals surface area contributed by atoms with Crippen LogP contribution < -0.4 is 0 Å². The first kappa shape index (κ1) is 13.9. The fourth-order valence-electron chi connectivity index (χ4n) is 1.34. The van der Waals surface area contributed by atoms with Gasteiger partial charge in [-0.15, -0.1) is 5.10 Å². The minimum absolute atomic E-state index is 0.114. The van der Waals surface area contributed by atoms with E-state index in [1.165, 1.54) is 6.07 Å². The van der Waals surface area contributed by atoms with E-state index < -0.39 is 10.9 Å². The van der Waals surface area contributed by atoms with Gasteiger partial charge in [-0.2, -0.15) is 0 Å². The number of nitrogens with zero attached hydrogens (tertiary/aromatic N) is 6. The normalized spacial score (nSPS) is 10.4. The van der Waals surface area contributed by atoms with E-state index in [-0.39, 0.29) is 17.4 Å². The second-order valence-electron chi connectivity index (χ2n) is 3.69. The van der Waals surface area contributed by atoms with E-state index >= 15 is 0 Å². The molecule has 0 unspecified atom stereocenters. The second kappa shape index (κ2) is 5.61. The van der Waals surface area contributed by atoms with Gasteiger partial charge < -0.3 is 5.11 Å². The van der Waals surface area contributed by atoms with Gasteiger partial charge in [0.25, 0.3) is 5.69 Å². The van der Waals surface area contributed by atoms with Crippen LogP contribution in [0.1, 0.15) is 5.56 Å². The Morgan fingerprint density at radius 1 is 1.60 bits per heavy atom. The number of aliphatic carboxylic acids is 1. The lowest BCUT2D eigenvalue weighted by atomic mass is 10.3. The first-order valence-corrected chi connectivity index (χ1v) is 6.06. The largest absolute Gasteiger partial charge is 0.480 e. The minimum Gasteiger partial charge on any atom is -0.480 e. The van der Waals surface area contributed by atoms with Gasteiger partial charge in [0.2, 0.25) is 5.16 Å². The Kier molecular flexibility index (Phi) is 3.89. The van der Waals surface area contributed by atoms with E-state index in [1.54, 1.807) is 6.92 Å². The summed E-state index contributed by atoms with van der Waals surface area (Å²) in [6.07, 6.45) is 1.13. The molecule has 2 aromatic heterocycles. The predicted octanol–water partition coefficient (Wildman–Crippen LogP) is 0.521. The number of carboxylic acid groups (broad SMARTS) is 1. The lowest BCUT2D eigenvalue weighted by molar-refractivity contribution is -0.385. The van der Waals surface area contributed by atoms with Crippen LogP contribution >= 0.6 is 11.8 Å². The van der Waals surface area contributed by atoms with Gasteiger partial charge in [0.1, 0.15) is 17.8 Å². The average Bonchev–Trinajstić information content (AvgIpc) is 2.78. The van der Waals surface area contributed by atoms with Gasteiger partial charge in [0, 0.05) is 6.07 Å². The Bertz CT molecular complexity index is 672. The molecule has 2 heterocycles. The highest BCUT2D eigenvalue weighted by molar-refractivity contribution is 7.99. The molecule has 0 aliphatic rings. The topological polar surface area (TPSA) is 137 Å². The van der Waals surface area contributed by atoms with Crippen molar-refractivity contribution in [1.29, 1.82) is 0 Å². The summed E-state index contributed by atoms with van der Waals surface area (Å²) in [4.78, 5) is 24.7. The van der Waals surface area contributed by atoms with Crippen LogP contribution in [0.15, 0.2) is 22.4 Å². The maximum Gasteiger partial charge on any atom is 0.325 e. The standard InChI is InChI=1S/C9H8N6O4S/c1-5-2-6(15(18)19)3-10-8(5)20-9-11-12-13-14(9)4-7(16)17/h2-3H,4H2,1H3,(H,16,17). The molecule has 104 valence electrons. The maximum atomic E-state index is 10.6. The molecule has 20 heavy (non-hydrogen) atoms. The summed E-state index contributed by atoms with van der Waals surface area (Å²) in [6.45, 7) is 1.29. The van der Waals surface area contributed by atoms with Gasteiger partial charge >= 0.3 is 5.97 Å². The molecular weight excluding hydrogens is 288 g/mol. The molecule has 1 N–H and O–H groups in total. The summed E-state index contributed by atoms with van der Waals surface area (Å²) in [7, 11) is 0. The molecule has 0 amide bonds. The molecule has 0 saturated heterocycles. The van der Waals surface area contributed by atoms with E-state index in [4.69, 9.17) is 5.11 Å². The van der Waals surface area contributed by atoms with Crippen LogP contribution in [0.3, 0.4) is 0 Å². The number of aromatic nitrogens is 5. The van der Waals surface area contributed by atoms with Crippen molar-refractivity contribution in [3.63, 3.8) is 0 Å². The third-order valence-electron chi connectivity index (χ3n) is 2.20. The third-order valence-corrected chi connectivity index (χ3v) is 3.29. The fourth-order valence-corrected chi connectivity index (χ4v) is 2.12. The number of carboxylic acids is 1. The third kappa shape index (κ3) is 3.06. The van der Waals surface area contributed by atoms with Gasteiger partial charge in [-0.1, -0.05) is 0 Å². The Balaban J connectivity index is 2.24. The average molecular weight is 296 g/mol. The van der Waals surface area contributed by atoms with Crippen LogP contribution in [0.25, 0.3) is 0 Å². The van der Waals surface area contributed by atoms with Gasteiger partial charge in [-0.25, -0.2) is 9.67 Å². The fraction of sp³-hybridized carbons (Fsp3) is 0.222. The molecule has 0 saturated carbocycles. The molecule has 0 spiro atoms. The second-order valence-corrected chi connectivity index (χ2v) is 4.64. The molecule has 11 heteroatoms. The van der Waals surface area contributed by atoms with Crippen molar-refractivity contribution in [2.75, 3.05) is 0 Å². The maximum absolute atomic E-state index is 10.6. The van der Waals surface area contributed by atoms with E-state index in [9.17, 15) is 14.9 Å². The van der Waals surface area contributed by atoms with E-state index in [2.05, 4.69) is 20.5 Å². The lowest BCUT2D eigenvalue weighted by Crippen LogP contribution is -2.11. The predicted molar refractivity (Wildman–Crippen MR) is 65.2 cm³/mol. The molecule has 0 fully saturated rings. The summed E-state index contributed by atoms with van der Waals surface area (Å²) < 4.78 is 1.11. The van der Waals surface area contributed by atoms with Gasteiger partial charge in [-0.05, 0) is 34.7 Å². The molecule has 0 bridgehead atoms. The zero-order chi connectivity index (χ0) is 14.7. The number of carbonyl (C=O) groups is 1. The zero-order valence-electron chi connectivity index (χ0n) is 10.1. The number of rotatable bonds is 5. The molecule has 2 aromatic rings. The molecule has 0 aliphatic carbocycles. The SMILES string of the molecule is Cc1cc([N+](=O)[O-])cnc1Sc1nnnn1CC(=O)O. The molecular formula is C9H8N6O4S. The molecule has 0 radical (unpaired) electrons. The van der Waals surface area contributed by atoms with Crippen LogP contribution in [-0.4, -0.2) is 41.2 Å².